The standard InChI is InChI=1S/C32H58N4O8/c1-19(2)17-23(36(10)24(38)15-13-11-12-14-16-31(7,8)43)28(40)34-25(20(3)4)29(41)35-26(22(6)37)30(42)33-21(5)27(39)32(9)18-44-32/h19-23,25-26,37,43H,11-18H2,1-10H3,(H,33,42)(H,34,40)(H,35,41)/t21-,22+,23-,25-,26-,32?/m0/s1. The van der Waals surface area contributed by atoms with Crippen LogP contribution >= 0.6 is 0 Å². The van der Waals surface area contributed by atoms with Gasteiger partial charge in [-0.2, -0.15) is 0 Å². The lowest BCUT2D eigenvalue weighted by molar-refractivity contribution is -0.141. The van der Waals surface area contributed by atoms with Crippen LogP contribution in [0.2, 0.25) is 0 Å². The summed E-state index contributed by atoms with van der Waals surface area (Å²) in [6.45, 7) is 15.7. The molecule has 1 heterocycles. The van der Waals surface area contributed by atoms with Gasteiger partial charge in [0.1, 0.15) is 23.7 Å². The quantitative estimate of drug-likeness (QED) is 0.100. The first-order valence-corrected chi connectivity index (χ1v) is 16.0. The highest BCUT2D eigenvalue weighted by Gasteiger charge is 2.49. The lowest BCUT2D eigenvalue weighted by Gasteiger charge is -2.32. The van der Waals surface area contributed by atoms with E-state index in [1.54, 1.807) is 41.7 Å². The summed E-state index contributed by atoms with van der Waals surface area (Å²) >= 11 is 0. The van der Waals surface area contributed by atoms with Crippen molar-refractivity contribution in [1.29, 1.82) is 0 Å². The van der Waals surface area contributed by atoms with Gasteiger partial charge in [0.05, 0.1) is 24.4 Å². The van der Waals surface area contributed by atoms with Crippen molar-refractivity contribution in [3.63, 3.8) is 0 Å². The molecule has 5 N–H and O–H groups in total. The molecule has 0 radical (unpaired) electrons. The SMILES string of the molecule is CC(C)C[C@@H](C(=O)N[C@H](C(=O)N[C@H](C(=O)N[C@@H](C)C(=O)C1(C)CO1)[C@@H](C)O)C(C)C)N(C)C(=O)CCCCCCC(C)(C)O. The molecule has 1 unspecified atom stereocenters. The zero-order valence-corrected chi connectivity index (χ0v) is 28.5. The molecule has 0 spiro atoms. The molecule has 44 heavy (non-hydrogen) atoms. The number of epoxide rings is 1. The average molecular weight is 627 g/mol. The van der Waals surface area contributed by atoms with E-state index in [-0.39, 0.29) is 36.6 Å². The number of rotatable bonds is 20. The third-order valence-electron chi connectivity index (χ3n) is 7.95. The minimum Gasteiger partial charge on any atom is -0.391 e. The molecule has 0 saturated carbocycles. The normalized spacial score (nSPS) is 19.9. The van der Waals surface area contributed by atoms with Crippen molar-refractivity contribution in [2.45, 2.75) is 149 Å². The first kappa shape index (κ1) is 39.5. The minimum atomic E-state index is -1.37. The molecule has 254 valence electrons. The Morgan fingerprint density at radius 1 is 0.864 bits per heavy atom. The van der Waals surface area contributed by atoms with Gasteiger partial charge in [-0.1, -0.05) is 47.0 Å². The van der Waals surface area contributed by atoms with Gasteiger partial charge in [0, 0.05) is 13.5 Å². The lowest BCUT2D eigenvalue weighted by atomic mass is 9.98. The molecule has 12 nitrogen and oxygen atoms in total. The van der Waals surface area contributed by atoms with Crippen LogP contribution in [0.25, 0.3) is 0 Å². The molecule has 12 heteroatoms. The van der Waals surface area contributed by atoms with Gasteiger partial charge >= 0.3 is 0 Å². The number of ketones is 1. The summed E-state index contributed by atoms with van der Waals surface area (Å²) in [5.74, 6) is -2.67. The first-order chi connectivity index (χ1) is 20.2. The Labute approximate surface area is 263 Å². The van der Waals surface area contributed by atoms with Crippen molar-refractivity contribution < 1.29 is 38.9 Å². The number of aliphatic hydroxyl groups is 2. The van der Waals surface area contributed by atoms with Crippen molar-refractivity contribution >= 4 is 29.4 Å². The smallest absolute Gasteiger partial charge is 0.245 e. The Hall–Kier alpha value is -2.57. The second kappa shape index (κ2) is 17.2. The highest BCUT2D eigenvalue weighted by atomic mass is 16.6. The summed E-state index contributed by atoms with van der Waals surface area (Å²) < 4.78 is 5.15. The summed E-state index contributed by atoms with van der Waals surface area (Å²) in [6, 6.07) is -4.13. The van der Waals surface area contributed by atoms with Crippen LogP contribution in [0.5, 0.6) is 0 Å². The van der Waals surface area contributed by atoms with Crippen molar-refractivity contribution in [1.82, 2.24) is 20.9 Å². The van der Waals surface area contributed by atoms with Gasteiger partial charge in [0.2, 0.25) is 23.6 Å². The Bertz CT molecular complexity index is 987. The molecule has 1 fully saturated rings. The number of likely N-dealkylation sites (N-methyl/N-ethyl adjacent to an activating group) is 1. The predicted octanol–water partition coefficient (Wildman–Crippen LogP) is 1.84. The molecule has 4 amide bonds. The van der Waals surface area contributed by atoms with E-state index in [0.717, 1.165) is 19.3 Å². The maximum Gasteiger partial charge on any atom is 0.245 e. The Morgan fingerprint density at radius 3 is 1.86 bits per heavy atom. The second-order valence-electron chi connectivity index (χ2n) is 13.9. The largest absolute Gasteiger partial charge is 0.391 e. The van der Waals surface area contributed by atoms with Crippen LogP contribution in [0.1, 0.15) is 107 Å². The van der Waals surface area contributed by atoms with Crippen LogP contribution in [0, 0.1) is 11.8 Å². The number of unbranched alkanes of at least 4 members (excludes halogenated alkanes) is 3. The molecule has 1 aliphatic heterocycles. The molecule has 0 aromatic carbocycles. The molecule has 1 rings (SSSR count). The van der Waals surface area contributed by atoms with Gasteiger partial charge in [-0.3, -0.25) is 24.0 Å². The maximum absolute atomic E-state index is 13.5. The number of nitrogens with one attached hydrogen (secondary N) is 3. The predicted molar refractivity (Wildman–Crippen MR) is 167 cm³/mol. The zero-order chi connectivity index (χ0) is 34.0. The van der Waals surface area contributed by atoms with E-state index in [1.165, 1.54) is 18.7 Å². The Kier molecular flexibility index (Phi) is 15.4. The van der Waals surface area contributed by atoms with Crippen LogP contribution in [0.4, 0.5) is 0 Å². The highest BCUT2D eigenvalue weighted by Crippen LogP contribution is 2.28. The molecule has 0 aromatic heterocycles. The van der Waals surface area contributed by atoms with Gasteiger partial charge in [0.15, 0.2) is 5.78 Å². The van der Waals surface area contributed by atoms with Crippen molar-refractivity contribution in [2.24, 2.45) is 11.8 Å². The fourth-order valence-corrected chi connectivity index (χ4v) is 4.94. The number of amides is 4. The lowest BCUT2D eigenvalue weighted by Crippen LogP contribution is -2.61. The Balaban J connectivity index is 2.88. The van der Waals surface area contributed by atoms with E-state index in [2.05, 4.69) is 16.0 Å². The number of hydrogen-bond acceptors (Lipinski definition) is 8. The van der Waals surface area contributed by atoms with Gasteiger partial charge in [-0.15, -0.1) is 0 Å². The molecule has 0 bridgehead atoms. The summed E-state index contributed by atoms with van der Waals surface area (Å²) in [5, 5.41) is 28.0. The third-order valence-corrected chi connectivity index (χ3v) is 7.95. The van der Waals surface area contributed by atoms with E-state index >= 15 is 0 Å². The topological polar surface area (TPSA) is 178 Å². The van der Waals surface area contributed by atoms with Gasteiger partial charge < -0.3 is 35.8 Å². The van der Waals surface area contributed by atoms with Crippen molar-refractivity contribution in [2.75, 3.05) is 13.7 Å². The van der Waals surface area contributed by atoms with Gasteiger partial charge in [-0.25, -0.2) is 0 Å². The molecule has 1 saturated heterocycles. The average Bonchev–Trinajstić information content (AvgIpc) is 3.66. The first-order valence-electron chi connectivity index (χ1n) is 16.0. The molecule has 6 atom stereocenters. The van der Waals surface area contributed by atoms with Crippen molar-refractivity contribution in [3.8, 4) is 0 Å². The van der Waals surface area contributed by atoms with Crippen LogP contribution in [0.3, 0.4) is 0 Å². The number of nitrogens with zero attached hydrogens (tertiary/aromatic N) is 1. The van der Waals surface area contributed by atoms with E-state index in [0.29, 0.717) is 19.3 Å². The van der Waals surface area contributed by atoms with Crippen LogP contribution in [0.15, 0.2) is 0 Å². The second-order valence-corrected chi connectivity index (χ2v) is 13.9. The minimum absolute atomic E-state index is 0.0884. The van der Waals surface area contributed by atoms with Crippen molar-refractivity contribution in [3.05, 3.63) is 0 Å². The summed E-state index contributed by atoms with van der Waals surface area (Å²) in [5.41, 5.74) is -1.65. The molecule has 0 aliphatic carbocycles. The van der Waals surface area contributed by atoms with E-state index in [4.69, 9.17) is 4.74 Å². The van der Waals surface area contributed by atoms with Gasteiger partial charge in [-0.05, 0) is 65.7 Å². The van der Waals surface area contributed by atoms with Crippen LogP contribution in [-0.2, 0) is 28.7 Å². The summed E-state index contributed by atoms with van der Waals surface area (Å²) in [7, 11) is 1.59. The van der Waals surface area contributed by atoms with E-state index < -0.39 is 59.2 Å². The fourth-order valence-electron chi connectivity index (χ4n) is 4.94. The van der Waals surface area contributed by atoms with Crippen LogP contribution in [-0.4, -0.2) is 99.7 Å². The van der Waals surface area contributed by atoms with Crippen LogP contribution < -0.4 is 16.0 Å². The van der Waals surface area contributed by atoms with Gasteiger partial charge in [0.25, 0.3) is 0 Å². The highest BCUT2D eigenvalue weighted by molar-refractivity contribution is 5.98. The maximum atomic E-state index is 13.5. The zero-order valence-electron chi connectivity index (χ0n) is 28.5. The molecular weight excluding hydrogens is 568 g/mol. The number of carbonyl (C=O) groups excluding carboxylic acids is 5. The number of carbonyl (C=O) groups is 5. The summed E-state index contributed by atoms with van der Waals surface area (Å²) in [6.07, 6.45) is 3.35. The third kappa shape index (κ3) is 13.2. The number of aliphatic hydroxyl groups excluding tert-OH is 1. The number of Topliss-reactive ketones (excluding diaryl/α,β-unsaturated/α-hetero) is 1. The Morgan fingerprint density at radius 2 is 1.39 bits per heavy atom. The molecule has 0 aromatic rings. The summed E-state index contributed by atoms with van der Waals surface area (Å²) in [4.78, 5) is 66.8. The fraction of sp³-hybridized carbons (Fsp3) is 0.844. The number of hydrogen-bond donors (Lipinski definition) is 5. The van der Waals surface area contributed by atoms with E-state index in [1.807, 2.05) is 13.8 Å². The number of ether oxygens (including phenoxy) is 1. The molecular formula is C32H58N4O8. The molecule has 1 aliphatic rings. The van der Waals surface area contributed by atoms with E-state index in [9.17, 15) is 34.2 Å². The monoisotopic (exact) mass is 626 g/mol.